The van der Waals surface area contributed by atoms with E-state index < -0.39 is 0 Å². The molecule has 0 bridgehead atoms. The molecule has 102 valence electrons. The zero-order chi connectivity index (χ0) is 14.5. The van der Waals surface area contributed by atoms with Crippen LogP contribution >= 0.6 is 12.2 Å². The first-order valence-corrected chi connectivity index (χ1v) is 6.62. The summed E-state index contributed by atoms with van der Waals surface area (Å²) in [4.78, 5) is 12.3. The lowest BCUT2D eigenvalue weighted by Gasteiger charge is -2.05. The van der Waals surface area contributed by atoms with Crippen LogP contribution in [0.1, 0.15) is 11.3 Å². The summed E-state index contributed by atoms with van der Waals surface area (Å²) in [6.07, 6.45) is 1.88. The first-order chi connectivity index (χ1) is 9.56. The predicted octanol–water partition coefficient (Wildman–Crippen LogP) is 1.56. The van der Waals surface area contributed by atoms with Gasteiger partial charge in [-0.2, -0.15) is 4.57 Å². The van der Waals surface area contributed by atoms with Gasteiger partial charge in [0.05, 0.1) is 0 Å². The van der Waals surface area contributed by atoms with Crippen LogP contribution in [0.25, 0.3) is 0 Å². The number of pyridine rings is 1. The average molecular weight is 286 g/mol. The molecule has 0 fully saturated rings. The van der Waals surface area contributed by atoms with Gasteiger partial charge in [0.1, 0.15) is 4.99 Å². The topological polar surface area (TPSA) is 59.0 Å². The lowest BCUT2D eigenvalue weighted by molar-refractivity contribution is -0.690. The van der Waals surface area contributed by atoms with Crippen molar-refractivity contribution >= 4 is 28.8 Å². The number of aryl methyl sites for hydroxylation is 1. The van der Waals surface area contributed by atoms with Crippen LogP contribution in [-0.2, 0) is 11.3 Å². The molecule has 0 radical (unpaired) electrons. The summed E-state index contributed by atoms with van der Waals surface area (Å²) >= 11 is 4.88. The third kappa shape index (κ3) is 3.61. The molecule has 0 saturated heterocycles. The molecule has 0 aliphatic carbocycles. The van der Waals surface area contributed by atoms with Crippen molar-refractivity contribution in [2.45, 2.75) is 13.5 Å². The number of aromatic nitrogens is 1. The van der Waals surface area contributed by atoms with E-state index in [1.807, 2.05) is 35.9 Å². The van der Waals surface area contributed by atoms with Crippen molar-refractivity contribution in [2.24, 2.45) is 5.73 Å². The fraction of sp³-hybridized carbons (Fsp3) is 0.133. The number of anilines is 1. The summed E-state index contributed by atoms with van der Waals surface area (Å²) in [6, 6.07) is 13.0. The van der Waals surface area contributed by atoms with Crippen molar-refractivity contribution in [1.29, 1.82) is 0 Å². The third-order valence-electron chi connectivity index (χ3n) is 2.93. The Morgan fingerprint density at radius 3 is 2.55 bits per heavy atom. The zero-order valence-corrected chi connectivity index (χ0v) is 12.0. The second-order valence-electron chi connectivity index (χ2n) is 4.46. The van der Waals surface area contributed by atoms with Gasteiger partial charge in [-0.15, -0.1) is 0 Å². The van der Waals surface area contributed by atoms with Crippen LogP contribution in [0.15, 0.2) is 48.7 Å². The number of rotatable bonds is 4. The summed E-state index contributed by atoms with van der Waals surface area (Å²) in [5, 5.41) is 2.84. The van der Waals surface area contributed by atoms with Crippen LogP contribution in [-0.4, -0.2) is 10.9 Å². The first kappa shape index (κ1) is 14.1. The number of carbonyl (C=O) groups is 1. The first-order valence-electron chi connectivity index (χ1n) is 6.21. The van der Waals surface area contributed by atoms with E-state index in [4.69, 9.17) is 18.0 Å². The summed E-state index contributed by atoms with van der Waals surface area (Å²) < 4.78 is 1.89. The van der Waals surface area contributed by atoms with Gasteiger partial charge in [-0.05, 0) is 24.3 Å². The molecule has 1 aromatic carbocycles. The molecule has 0 atom stereocenters. The average Bonchev–Trinajstić information content (AvgIpc) is 2.42. The van der Waals surface area contributed by atoms with Crippen LogP contribution in [0.2, 0.25) is 0 Å². The second-order valence-corrected chi connectivity index (χ2v) is 4.90. The van der Waals surface area contributed by atoms with Crippen molar-refractivity contribution in [3.05, 3.63) is 59.9 Å². The van der Waals surface area contributed by atoms with Crippen LogP contribution < -0.4 is 15.6 Å². The Labute approximate surface area is 123 Å². The van der Waals surface area contributed by atoms with Gasteiger partial charge in [0, 0.05) is 30.3 Å². The number of nitrogens with one attached hydrogen (secondary N) is 1. The molecule has 0 aliphatic heterocycles. The van der Waals surface area contributed by atoms with Crippen molar-refractivity contribution in [1.82, 2.24) is 0 Å². The van der Waals surface area contributed by atoms with Gasteiger partial charge in [-0.1, -0.05) is 18.3 Å². The second kappa shape index (κ2) is 6.25. The number of nitrogens with two attached hydrogens (primary N) is 1. The Balaban J connectivity index is 2.01. The predicted molar refractivity (Wildman–Crippen MR) is 82.3 cm³/mol. The van der Waals surface area contributed by atoms with Gasteiger partial charge in [0.25, 0.3) is 5.91 Å². The maximum atomic E-state index is 12.0. The van der Waals surface area contributed by atoms with E-state index in [1.165, 1.54) is 0 Å². The normalized spacial score (nSPS) is 10.1. The highest BCUT2D eigenvalue weighted by atomic mass is 32.1. The maximum absolute atomic E-state index is 12.0. The van der Waals surface area contributed by atoms with E-state index in [2.05, 4.69) is 5.32 Å². The highest BCUT2D eigenvalue weighted by Crippen LogP contribution is 2.09. The lowest BCUT2D eigenvalue weighted by Crippen LogP contribution is -2.42. The fourth-order valence-electron chi connectivity index (χ4n) is 1.81. The number of thiocarbonyl (C=S) groups is 1. The largest absolute Gasteiger partial charge is 0.389 e. The van der Waals surface area contributed by atoms with Crippen LogP contribution in [0.3, 0.4) is 0 Å². The Hall–Kier alpha value is -2.27. The molecule has 20 heavy (non-hydrogen) atoms. The van der Waals surface area contributed by atoms with Gasteiger partial charge in [0.2, 0.25) is 6.54 Å². The molecule has 0 aliphatic rings. The number of hydrogen-bond donors (Lipinski definition) is 2. The minimum atomic E-state index is -0.0765. The van der Waals surface area contributed by atoms with E-state index in [0.29, 0.717) is 4.99 Å². The number of amides is 1. The zero-order valence-electron chi connectivity index (χ0n) is 11.2. The van der Waals surface area contributed by atoms with Crippen molar-refractivity contribution in [3.63, 3.8) is 0 Å². The lowest BCUT2D eigenvalue weighted by atomic mass is 10.2. The summed E-state index contributed by atoms with van der Waals surface area (Å²) in [6.45, 7) is 2.24. The molecule has 1 aromatic heterocycles. The van der Waals surface area contributed by atoms with E-state index in [-0.39, 0.29) is 12.5 Å². The maximum Gasteiger partial charge on any atom is 0.290 e. The highest BCUT2D eigenvalue weighted by molar-refractivity contribution is 7.80. The van der Waals surface area contributed by atoms with Crippen LogP contribution in [0.4, 0.5) is 5.69 Å². The molecule has 1 amide bonds. The Morgan fingerprint density at radius 1 is 1.25 bits per heavy atom. The molecule has 0 spiro atoms. The summed E-state index contributed by atoms with van der Waals surface area (Å²) in [5.74, 6) is -0.0765. The minimum Gasteiger partial charge on any atom is -0.389 e. The van der Waals surface area contributed by atoms with Gasteiger partial charge < -0.3 is 11.1 Å². The number of hydrogen-bond acceptors (Lipinski definition) is 2. The minimum absolute atomic E-state index is 0.0765. The van der Waals surface area contributed by atoms with Gasteiger partial charge in [-0.3, -0.25) is 4.79 Å². The molecule has 1 heterocycles. The van der Waals surface area contributed by atoms with E-state index in [0.717, 1.165) is 16.9 Å². The fourth-order valence-corrected chi connectivity index (χ4v) is 1.95. The van der Waals surface area contributed by atoms with E-state index >= 15 is 0 Å². The molecule has 2 rings (SSSR count). The van der Waals surface area contributed by atoms with Crippen LogP contribution in [0, 0.1) is 6.92 Å². The highest BCUT2D eigenvalue weighted by Gasteiger charge is 2.11. The van der Waals surface area contributed by atoms with Gasteiger partial charge in [0.15, 0.2) is 11.9 Å². The van der Waals surface area contributed by atoms with Crippen molar-refractivity contribution in [2.75, 3.05) is 5.32 Å². The summed E-state index contributed by atoms with van der Waals surface area (Å²) in [7, 11) is 0. The molecular formula is C15H16N3OS+. The molecule has 0 saturated carbocycles. The molecule has 2 aromatic rings. The molecule has 5 heteroatoms. The molecular weight excluding hydrogens is 270 g/mol. The molecule has 3 N–H and O–H groups in total. The van der Waals surface area contributed by atoms with E-state index in [9.17, 15) is 4.79 Å². The van der Waals surface area contributed by atoms with Gasteiger partial charge in [-0.25, -0.2) is 0 Å². The summed E-state index contributed by atoms with van der Waals surface area (Å²) in [5.41, 5.74) is 8.07. The van der Waals surface area contributed by atoms with Crippen molar-refractivity contribution in [3.8, 4) is 0 Å². The monoisotopic (exact) mass is 286 g/mol. The Morgan fingerprint density at radius 2 is 1.95 bits per heavy atom. The number of nitrogens with zero attached hydrogens (tertiary/aromatic N) is 1. The number of benzene rings is 1. The smallest absolute Gasteiger partial charge is 0.290 e. The van der Waals surface area contributed by atoms with Crippen LogP contribution in [0.5, 0.6) is 0 Å². The van der Waals surface area contributed by atoms with Gasteiger partial charge >= 0.3 is 0 Å². The van der Waals surface area contributed by atoms with Crippen molar-refractivity contribution < 1.29 is 9.36 Å². The molecule has 0 unspecified atom stereocenters. The Kier molecular flexibility index (Phi) is 4.42. The standard InChI is InChI=1S/C15H15N3OS/c1-11-4-2-3-9-18(11)10-14(19)17-13-7-5-12(6-8-13)15(16)20/h2-9H,10H2,1H3,(H2-,16,17,19,20)/p+1. The molecule has 4 nitrogen and oxygen atoms in total. The quantitative estimate of drug-likeness (QED) is 0.662. The number of carbonyl (C=O) groups excluding carboxylic acids is 1. The third-order valence-corrected chi connectivity index (χ3v) is 3.17. The SMILES string of the molecule is Cc1cccc[n+]1CC(=O)Nc1ccc(C(N)=S)cc1. The Bertz CT molecular complexity index is 638. The van der Waals surface area contributed by atoms with E-state index in [1.54, 1.807) is 24.3 Å².